The molecule has 0 aliphatic heterocycles. The molecule has 2 rings (SSSR count). The number of carbonyl (C=O) groups is 1. The number of primary amides is 1. The van der Waals surface area contributed by atoms with Crippen molar-refractivity contribution in [2.24, 2.45) is 5.73 Å². The van der Waals surface area contributed by atoms with Crippen LogP contribution >= 0.6 is 0 Å². The first kappa shape index (κ1) is 18.2. The van der Waals surface area contributed by atoms with Crippen LogP contribution in [0.25, 0.3) is 0 Å². The molecular formula is C16H23N7O2. The van der Waals surface area contributed by atoms with Gasteiger partial charge in [0.15, 0.2) is 5.82 Å². The van der Waals surface area contributed by atoms with Gasteiger partial charge in [-0.15, -0.1) is 0 Å². The Labute approximate surface area is 146 Å². The first-order valence-electron chi connectivity index (χ1n) is 7.74. The minimum absolute atomic E-state index is 0.151. The van der Waals surface area contributed by atoms with Crippen molar-refractivity contribution in [1.82, 2.24) is 15.0 Å². The third-order valence-electron chi connectivity index (χ3n) is 3.49. The van der Waals surface area contributed by atoms with Gasteiger partial charge >= 0.3 is 0 Å². The number of nitrogens with two attached hydrogens (primary N) is 2. The van der Waals surface area contributed by atoms with Crippen LogP contribution < -0.4 is 26.0 Å². The van der Waals surface area contributed by atoms with Gasteiger partial charge in [0.05, 0.1) is 13.7 Å². The standard InChI is InChI=1S/C16H23N7O2/c1-22(2)16-20-14(19-15(18)21-16)10-23(9-8-13(17)24)11-4-6-12(25-3)7-5-11/h4-7H,8-10H2,1-3H3,(H2,17,24)(H2,18,19,20,21). The molecule has 0 fully saturated rings. The lowest BCUT2D eigenvalue weighted by molar-refractivity contribution is -0.117. The first-order valence-corrected chi connectivity index (χ1v) is 7.74. The number of methoxy groups -OCH3 is 1. The van der Waals surface area contributed by atoms with Crippen LogP contribution in [0, 0.1) is 0 Å². The summed E-state index contributed by atoms with van der Waals surface area (Å²) in [7, 11) is 5.26. The van der Waals surface area contributed by atoms with Crippen LogP contribution in [0.4, 0.5) is 17.6 Å². The molecule has 25 heavy (non-hydrogen) atoms. The highest BCUT2D eigenvalue weighted by molar-refractivity contribution is 5.74. The van der Waals surface area contributed by atoms with E-state index in [0.29, 0.717) is 24.9 Å². The number of anilines is 3. The normalized spacial score (nSPS) is 10.4. The molecule has 0 saturated heterocycles. The number of ether oxygens (including phenoxy) is 1. The van der Waals surface area contributed by atoms with Gasteiger partial charge in [0.25, 0.3) is 0 Å². The largest absolute Gasteiger partial charge is 0.497 e. The van der Waals surface area contributed by atoms with Gasteiger partial charge in [-0.3, -0.25) is 4.79 Å². The predicted octanol–water partition coefficient (Wildman–Crippen LogP) is 0.410. The van der Waals surface area contributed by atoms with Gasteiger partial charge < -0.3 is 26.0 Å². The summed E-state index contributed by atoms with van der Waals surface area (Å²) in [5.41, 5.74) is 12.0. The minimum atomic E-state index is -0.373. The molecule has 0 radical (unpaired) electrons. The third kappa shape index (κ3) is 5.20. The number of carbonyl (C=O) groups excluding carboxylic acids is 1. The second kappa shape index (κ2) is 8.13. The fourth-order valence-corrected chi connectivity index (χ4v) is 2.20. The van der Waals surface area contributed by atoms with Crippen LogP contribution in [0.2, 0.25) is 0 Å². The van der Waals surface area contributed by atoms with Crippen LogP contribution in [-0.4, -0.2) is 48.6 Å². The quantitative estimate of drug-likeness (QED) is 0.705. The Morgan fingerprint density at radius 1 is 1.16 bits per heavy atom. The number of nitrogens with zero attached hydrogens (tertiary/aromatic N) is 5. The highest BCUT2D eigenvalue weighted by Gasteiger charge is 2.13. The van der Waals surface area contributed by atoms with E-state index in [0.717, 1.165) is 11.4 Å². The van der Waals surface area contributed by atoms with E-state index in [1.807, 2.05) is 43.3 Å². The van der Waals surface area contributed by atoms with Crippen LogP contribution in [0.3, 0.4) is 0 Å². The lowest BCUT2D eigenvalue weighted by Crippen LogP contribution is -2.29. The summed E-state index contributed by atoms with van der Waals surface area (Å²) in [5.74, 6) is 1.52. The SMILES string of the molecule is COc1ccc(N(CCC(N)=O)Cc2nc(N)nc(N(C)C)n2)cc1. The van der Waals surface area contributed by atoms with Crippen LogP contribution in [0.5, 0.6) is 5.75 Å². The lowest BCUT2D eigenvalue weighted by Gasteiger charge is -2.24. The van der Waals surface area contributed by atoms with E-state index >= 15 is 0 Å². The smallest absolute Gasteiger partial charge is 0.229 e. The molecular weight excluding hydrogens is 322 g/mol. The summed E-state index contributed by atoms with van der Waals surface area (Å²) in [5, 5.41) is 0. The van der Waals surface area contributed by atoms with Crippen molar-refractivity contribution >= 4 is 23.5 Å². The average molecular weight is 345 g/mol. The van der Waals surface area contributed by atoms with Gasteiger partial charge in [-0.25, -0.2) is 0 Å². The second-order valence-corrected chi connectivity index (χ2v) is 5.64. The van der Waals surface area contributed by atoms with Crippen molar-refractivity contribution in [1.29, 1.82) is 0 Å². The van der Waals surface area contributed by atoms with Crippen molar-refractivity contribution in [3.8, 4) is 5.75 Å². The maximum absolute atomic E-state index is 11.2. The summed E-state index contributed by atoms with van der Waals surface area (Å²) in [6.07, 6.45) is 0.215. The van der Waals surface area contributed by atoms with Crippen LogP contribution in [-0.2, 0) is 11.3 Å². The molecule has 0 atom stereocenters. The number of hydrogen-bond acceptors (Lipinski definition) is 8. The molecule has 134 valence electrons. The molecule has 1 aromatic heterocycles. The molecule has 1 heterocycles. The Kier molecular flexibility index (Phi) is 5.93. The number of benzene rings is 1. The van der Waals surface area contributed by atoms with Crippen molar-refractivity contribution in [2.75, 3.05) is 43.3 Å². The van der Waals surface area contributed by atoms with E-state index in [2.05, 4.69) is 15.0 Å². The van der Waals surface area contributed by atoms with Crippen molar-refractivity contribution in [2.45, 2.75) is 13.0 Å². The first-order chi connectivity index (χ1) is 11.9. The van der Waals surface area contributed by atoms with E-state index in [9.17, 15) is 4.79 Å². The summed E-state index contributed by atoms with van der Waals surface area (Å²) >= 11 is 0. The minimum Gasteiger partial charge on any atom is -0.497 e. The Bertz CT molecular complexity index is 719. The monoisotopic (exact) mass is 345 g/mol. The molecule has 0 aliphatic rings. The van der Waals surface area contributed by atoms with Crippen LogP contribution in [0.15, 0.2) is 24.3 Å². The fraction of sp³-hybridized carbons (Fsp3) is 0.375. The summed E-state index contributed by atoms with van der Waals surface area (Å²) in [6, 6.07) is 7.49. The van der Waals surface area contributed by atoms with Gasteiger partial charge in [-0.05, 0) is 24.3 Å². The number of rotatable bonds is 8. The number of nitrogen functional groups attached to an aromatic ring is 1. The summed E-state index contributed by atoms with van der Waals surface area (Å²) in [6.45, 7) is 0.803. The fourth-order valence-electron chi connectivity index (χ4n) is 2.20. The van der Waals surface area contributed by atoms with E-state index in [-0.39, 0.29) is 18.3 Å². The molecule has 9 nitrogen and oxygen atoms in total. The van der Waals surface area contributed by atoms with Crippen molar-refractivity contribution in [3.63, 3.8) is 0 Å². The summed E-state index contributed by atoms with van der Waals surface area (Å²) in [4.78, 5) is 27.6. The number of aromatic nitrogens is 3. The van der Waals surface area contributed by atoms with Gasteiger partial charge in [0, 0.05) is 32.7 Å². The zero-order valence-corrected chi connectivity index (χ0v) is 14.6. The Morgan fingerprint density at radius 3 is 2.40 bits per heavy atom. The third-order valence-corrected chi connectivity index (χ3v) is 3.49. The van der Waals surface area contributed by atoms with Gasteiger partial charge in [0.2, 0.25) is 17.8 Å². The zero-order chi connectivity index (χ0) is 18.4. The van der Waals surface area contributed by atoms with Gasteiger partial charge in [-0.2, -0.15) is 15.0 Å². The number of amides is 1. The molecule has 1 amide bonds. The molecule has 0 saturated carbocycles. The van der Waals surface area contributed by atoms with E-state index in [4.69, 9.17) is 16.2 Å². The topological polar surface area (TPSA) is 123 Å². The lowest BCUT2D eigenvalue weighted by atomic mass is 10.2. The van der Waals surface area contributed by atoms with Gasteiger partial charge in [0.1, 0.15) is 5.75 Å². The Balaban J connectivity index is 2.27. The second-order valence-electron chi connectivity index (χ2n) is 5.64. The molecule has 0 aliphatic carbocycles. The van der Waals surface area contributed by atoms with E-state index < -0.39 is 0 Å². The molecule has 4 N–H and O–H groups in total. The van der Waals surface area contributed by atoms with Crippen LogP contribution in [0.1, 0.15) is 12.2 Å². The highest BCUT2D eigenvalue weighted by Crippen LogP contribution is 2.21. The molecule has 1 aromatic carbocycles. The number of hydrogen-bond donors (Lipinski definition) is 2. The molecule has 0 bridgehead atoms. The predicted molar refractivity (Wildman–Crippen MR) is 96.4 cm³/mol. The molecule has 9 heteroatoms. The average Bonchev–Trinajstić information content (AvgIpc) is 2.58. The zero-order valence-electron chi connectivity index (χ0n) is 14.6. The Morgan fingerprint density at radius 2 is 1.84 bits per heavy atom. The Hall–Kier alpha value is -3.10. The maximum Gasteiger partial charge on any atom is 0.229 e. The maximum atomic E-state index is 11.2. The molecule has 0 spiro atoms. The van der Waals surface area contributed by atoms with E-state index in [1.165, 1.54) is 0 Å². The van der Waals surface area contributed by atoms with E-state index in [1.54, 1.807) is 12.0 Å². The van der Waals surface area contributed by atoms with Crippen molar-refractivity contribution in [3.05, 3.63) is 30.1 Å². The molecule has 0 unspecified atom stereocenters. The van der Waals surface area contributed by atoms with Gasteiger partial charge in [-0.1, -0.05) is 0 Å². The summed E-state index contributed by atoms with van der Waals surface area (Å²) < 4.78 is 5.18. The molecule has 2 aromatic rings. The highest BCUT2D eigenvalue weighted by atomic mass is 16.5. The van der Waals surface area contributed by atoms with Crippen molar-refractivity contribution < 1.29 is 9.53 Å².